The summed E-state index contributed by atoms with van der Waals surface area (Å²) in [5.41, 5.74) is -0.0183. The maximum absolute atomic E-state index is 14.4. The molecule has 0 saturated heterocycles. The average molecular weight is 468 g/mol. The lowest BCUT2D eigenvalue weighted by Crippen LogP contribution is -2.31. The number of hydrogen-bond acceptors (Lipinski definition) is 5. The molecule has 0 radical (unpaired) electrons. The number of fused-ring (bicyclic) bond motifs is 2. The first-order valence-electron chi connectivity index (χ1n) is 10.1. The van der Waals surface area contributed by atoms with Gasteiger partial charge in [-0.15, -0.1) is 0 Å². The molecule has 2 N–H and O–H groups in total. The minimum absolute atomic E-state index is 0.138. The van der Waals surface area contributed by atoms with Gasteiger partial charge in [0, 0.05) is 29.5 Å². The SMILES string of the molecule is CC1=C(C(=O)Nc2ccc3cnccc3n2)C(c2ccc(C(F)(F)F)c(F)c2)n2nccc2N1. The number of pyridine rings is 2. The van der Waals surface area contributed by atoms with Crippen LogP contribution in [0.25, 0.3) is 10.9 Å². The van der Waals surface area contributed by atoms with Gasteiger partial charge in [0.1, 0.15) is 23.5 Å². The van der Waals surface area contributed by atoms with Crippen molar-refractivity contribution in [3.8, 4) is 0 Å². The molecule has 1 aliphatic heterocycles. The summed E-state index contributed by atoms with van der Waals surface area (Å²) < 4.78 is 55.1. The fourth-order valence-corrected chi connectivity index (χ4v) is 3.96. The summed E-state index contributed by atoms with van der Waals surface area (Å²) in [5, 5.41) is 10.8. The number of aromatic nitrogens is 4. The van der Waals surface area contributed by atoms with Crippen LogP contribution in [0, 0.1) is 5.82 Å². The second-order valence-corrected chi connectivity index (χ2v) is 7.68. The van der Waals surface area contributed by atoms with Crippen molar-refractivity contribution in [2.45, 2.75) is 19.1 Å². The zero-order valence-electron chi connectivity index (χ0n) is 17.6. The highest BCUT2D eigenvalue weighted by Gasteiger charge is 2.37. The van der Waals surface area contributed by atoms with E-state index in [1.807, 2.05) is 0 Å². The molecule has 1 aliphatic rings. The van der Waals surface area contributed by atoms with Crippen LogP contribution in [0.3, 0.4) is 0 Å². The first kappa shape index (κ1) is 21.6. The normalized spacial score (nSPS) is 15.7. The molecule has 34 heavy (non-hydrogen) atoms. The van der Waals surface area contributed by atoms with E-state index in [4.69, 9.17) is 0 Å². The highest BCUT2D eigenvalue weighted by molar-refractivity contribution is 6.06. The maximum Gasteiger partial charge on any atom is 0.419 e. The van der Waals surface area contributed by atoms with E-state index >= 15 is 0 Å². The van der Waals surface area contributed by atoms with E-state index in [-0.39, 0.29) is 17.0 Å². The molecule has 1 aromatic carbocycles. The molecule has 0 spiro atoms. The maximum atomic E-state index is 14.4. The number of benzene rings is 1. The highest BCUT2D eigenvalue weighted by Crippen LogP contribution is 2.38. The molecule has 0 aliphatic carbocycles. The third-order valence-corrected chi connectivity index (χ3v) is 5.50. The molecule has 11 heteroatoms. The molecule has 1 atom stereocenters. The molecule has 4 aromatic rings. The van der Waals surface area contributed by atoms with Gasteiger partial charge in [-0.3, -0.25) is 9.78 Å². The predicted molar refractivity (Wildman–Crippen MR) is 116 cm³/mol. The molecule has 1 unspecified atom stereocenters. The van der Waals surface area contributed by atoms with Gasteiger partial charge in [0.05, 0.1) is 22.9 Å². The van der Waals surface area contributed by atoms with Crippen molar-refractivity contribution < 1.29 is 22.4 Å². The molecular weight excluding hydrogens is 452 g/mol. The van der Waals surface area contributed by atoms with Gasteiger partial charge in [-0.1, -0.05) is 6.07 Å². The summed E-state index contributed by atoms with van der Waals surface area (Å²) in [7, 11) is 0. The number of carbonyl (C=O) groups excluding carboxylic acids is 1. The second kappa shape index (κ2) is 7.94. The average Bonchev–Trinajstić information content (AvgIpc) is 3.25. The second-order valence-electron chi connectivity index (χ2n) is 7.68. The van der Waals surface area contributed by atoms with Crippen LogP contribution in [0.5, 0.6) is 0 Å². The Morgan fingerprint density at radius 2 is 1.94 bits per heavy atom. The number of halogens is 4. The number of alkyl halides is 3. The molecule has 4 heterocycles. The Hall–Kier alpha value is -4.28. The molecule has 1 amide bonds. The van der Waals surface area contributed by atoms with Crippen LogP contribution in [-0.4, -0.2) is 25.7 Å². The summed E-state index contributed by atoms with van der Waals surface area (Å²) in [5.74, 6) is -1.21. The molecule has 172 valence electrons. The Balaban J connectivity index is 1.55. The van der Waals surface area contributed by atoms with Crippen molar-refractivity contribution in [1.29, 1.82) is 0 Å². The largest absolute Gasteiger partial charge is 0.419 e. The standard InChI is InChI=1S/C23H16F4N6O/c1-12-20(22(34)32-18-5-3-14-11-28-8-6-17(14)31-18)21(33-19(30-12)7-9-29-33)13-2-4-15(16(24)10-13)23(25,26)27/h2-11,21,30H,1H3,(H,31,32,34). The summed E-state index contributed by atoms with van der Waals surface area (Å²) >= 11 is 0. The number of rotatable bonds is 3. The minimum Gasteiger partial charge on any atom is -0.344 e. The van der Waals surface area contributed by atoms with Crippen LogP contribution in [-0.2, 0) is 11.0 Å². The van der Waals surface area contributed by atoms with Gasteiger partial charge in [-0.05, 0) is 42.8 Å². The lowest BCUT2D eigenvalue weighted by atomic mass is 9.93. The van der Waals surface area contributed by atoms with Gasteiger partial charge < -0.3 is 10.6 Å². The van der Waals surface area contributed by atoms with Crippen molar-refractivity contribution in [2.75, 3.05) is 10.6 Å². The van der Waals surface area contributed by atoms with E-state index in [0.29, 0.717) is 23.1 Å². The van der Waals surface area contributed by atoms with E-state index in [0.717, 1.165) is 17.5 Å². The number of carbonyl (C=O) groups is 1. The topological polar surface area (TPSA) is 84.7 Å². The minimum atomic E-state index is -4.84. The zero-order chi connectivity index (χ0) is 24.0. The summed E-state index contributed by atoms with van der Waals surface area (Å²) in [6, 6.07) is 8.33. The summed E-state index contributed by atoms with van der Waals surface area (Å²) in [6.07, 6.45) is -0.146. The van der Waals surface area contributed by atoms with E-state index in [1.165, 1.54) is 10.9 Å². The Morgan fingerprint density at radius 3 is 2.71 bits per heavy atom. The number of allylic oxidation sites excluding steroid dienone is 1. The van der Waals surface area contributed by atoms with E-state index < -0.39 is 29.5 Å². The van der Waals surface area contributed by atoms with Crippen LogP contribution < -0.4 is 10.6 Å². The van der Waals surface area contributed by atoms with Crippen molar-refractivity contribution in [3.63, 3.8) is 0 Å². The number of anilines is 2. The number of nitrogens with zero attached hydrogens (tertiary/aromatic N) is 4. The number of nitrogens with one attached hydrogen (secondary N) is 2. The Morgan fingerprint density at radius 1 is 1.12 bits per heavy atom. The van der Waals surface area contributed by atoms with Gasteiger partial charge in [0.25, 0.3) is 5.91 Å². The lowest BCUT2D eigenvalue weighted by Gasteiger charge is -2.30. The molecule has 7 nitrogen and oxygen atoms in total. The van der Waals surface area contributed by atoms with Crippen LogP contribution in [0.2, 0.25) is 0 Å². The molecule has 0 saturated carbocycles. The van der Waals surface area contributed by atoms with Crippen molar-refractivity contribution in [3.05, 3.63) is 89.3 Å². The highest BCUT2D eigenvalue weighted by atomic mass is 19.4. The third-order valence-electron chi connectivity index (χ3n) is 5.50. The summed E-state index contributed by atoms with van der Waals surface area (Å²) in [4.78, 5) is 21.8. The quantitative estimate of drug-likeness (QED) is 0.418. The molecular formula is C23H16F4N6O. The first-order chi connectivity index (χ1) is 16.2. The number of hydrogen-bond donors (Lipinski definition) is 2. The Bertz CT molecular complexity index is 1460. The Kier molecular flexibility index (Phi) is 5.03. The fourth-order valence-electron chi connectivity index (χ4n) is 3.96. The predicted octanol–water partition coefficient (Wildman–Crippen LogP) is 4.91. The lowest BCUT2D eigenvalue weighted by molar-refractivity contribution is -0.140. The van der Waals surface area contributed by atoms with Gasteiger partial charge in [-0.2, -0.15) is 18.3 Å². The third kappa shape index (κ3) is 3.74. The monoisotopic (exact) mass is 468 g/mol. The summed E-state index contributed by atoms with van der Waals surface area (Å²) in [6.45, 7) is 1.65. The van der Waals surface area contributed by atoms with Crippen LogP contribution in [0.1, 0.15) is 24.1 Å². The van der Waals surface area contributed by atoms with E-state index in [1.54, 1.807) is 43.6 Å². The fraction of sp³-hybridized carbons (Fsp3) is 0.130. The van der Waals surface area contributed by atoms with Crippen molar-refractivity contribution in [1.82, 2.24) is 19.7 Å². The molecule has 3 aromatic heterocycles. The molecule has 0 bridgehead atoms. The smallest absolute Gasteiger partial charge is 0.344 e. The Labute approximate surface area is 190 Å². The van der Waals surface area contributed by atoms with Crippen LogP contribution in [0.4, 0.5) is 29.2 Å². The molecule has 0 fully saturated rings. The van der Waals surface area contributed by atoms with E-state index in [9.17, 15) is 22.4 Å². The van der Waals surface area contributed by atoms with Gasteiger partial charge in [-0.25, -0.2) is 14.1 Å². The van der Waals surface area contributed by atoms with Gasteiger partial charge in [0.15, 0.2) is 0 Å². The van der Waals surface area contributed by atoms with Gasteiger partial charge in [0.2, 0.25) is 0 Å². The van der Waals surface area contributed by atoms with Crippen molar-refractivity contribution in [2.24, 2.45) is 0 Å². The molecule has 5 rings (SSSR count). The first-order valence-corrected chi connectivity index (χ1v) is 10.1. The van der Waals surface area contributed by atoms with Crippen molar-refractivity contribution >= 4 is 28.4 Å². The van der Waals surface area contributed by atoms with Gasteiger partial charge >= 0.3 is 6.18 Å². The van der Waals surface area contributed by atoms with Crippen LogP contribution in [0.15, 0.2) is 72.3 Å². The van der Waals surface area contributed by atoms with E-state index in [2.05, 4.69) is 25.7 Å². The zero-order valence-corrected chi connectivity index (χ0v) is 17.6. The van der Waals surface area contributed by atoms with Crippen LogP contribution >= 0.6 is 0 Å². The number of amides is 1.